The molecule has 0 bridgehead atoms. The number of rotatable bonds is 7. The number of carbonyl (C=O) groups is 1. The molecular weight excluding hydrogens is 188 g/mol. The van der Waals surface area contributed by atoms with Gasteiger partial charge < -0.3 is 4.74 Å². The van der Waals surface area contributed by atoms with Gasteiger partial charge in [-0.3, -0.25) is 4.79 Å². The number of hydrogen-bond acceptors (Lipinski definition) is 2. The van der Waals surface area contributed by atoms with E-state index >= 15 is 0 Å². The van der Waals surface area contributed by atoms with Crippen LogP contribution in [0, 0.1) is 5.92 Å². The Kier molecular flexibility index (Phi) is 5.44. The van der Waals surface area contributed by atoms with Crippen LogP contribution in [0.2, 0.25) is 0 Å². The minimum absolute atomic E-state index is 0.0182. The lowest BCUT2D eigenvalue weighted by atomic mass is 9.98. The van der Waals surface area contributed by atoms with Gasteiger partial charge in [0, 0.05) is 0 Å². The van der Waals surface area contributed by atoms with Gasteiger partial charge in [-0.2, -0.15) is 0 Å². The predicted octanol–water partition coefficient (Wildman–Crippen LogP) is 3.46. The van der Waals surface area contributed by atoms with E-state index in [0.29, 0.717) is 0 Å². The van der Waals surface area contributed by atoms with Crippen molar-refractivity contribution in [2.24, 2.45) is 5.92 Å². The first-order valence-corrected chi connectivity index (χ1v) is 6.09. The standard InChI is InChI=1S/C13H22O2/c1-3-5-6-7-9-12-10-11(8-4-2)13(14)15-12/h4,11-12H,2-3,5-10H2,1H3/t11-,12-/m0/s1. The van der Waals surface area contributed by atoms with Gasteiger partial charge in [0.25, 0.3) is 0 Å². The number of carbonyl (C=O) groups excluding carboxylic acids is 1. The van der Waals surface area contributed by atoms with Crippen LogP contribution in [0.4, 0.5) is 0 Å². The molecule has 0 unspecified atom stereocenters. The van der Waals surface area contributed by atoms with Gasteiger partial charge in [-0.25, -0.2) is 0 Å². The molecule has 0 aliphatic carbocycles. The number of esters is 1. The van der Waals surface area contributed by atoms with E-state index in [9.17, 15) is 4.79 Å². The lowest BCUT2D eigenvalue weighted by Gasteiger charge is -2.07. The molecule has 0 aromatic carbocycles. The third-order valence-electron chi connectivity index (χ3n) is 2.99. The van der Waals surface area contributed by atoms with Crippen LogP contribution in [0.3, 0.4) is 0 Å². The minimum Gasteiger partial charge on any atom is -0.462 e. The van der Waals surface area contributed by atoms with Crippen LogP contribution in [-0.2, 0) is 9.53 Å². The van der Waals surface area contributed by atoms with Gasteiger partial charge in [0.1, 0.15) is 6.10 Å². The summed E-state index contributed by atoms with van der Waals surface area (Å²) >= 11 is 0. The van der Waals surface area contributed by atoms with Crippen molar-refractivity contribution in [3.8, 4) is 0 Å². The molecule has 1 rings (SSSR count). The Labute approximate surface area is 92.7 Å². The molecule has 0 aromatic rings. The normalized spacial score (nSPS) is 25.3. The molecule has 2 heteroatoms. The predicted molar refractivity (Wildman–Crippen MR) is 61.6 cm³/mol. The van der Waals surface area contributed by atoms with Crippen LogP contribution in [0.5, 0.6) is 0 Å². The van der Waals surface area contributed by atoms with E-state index in [-0.39, 0.29) is 18.0 Å². The fourth-order valence-corrected chi connectivity index (χ4v) is 2.09. The molecule has 15 heavy (non-hydrogen) atoms. The van der Waals surface area contributed by atoms with Gasteiger partial charge in [0.2, 0.25) is 0 Å². The zero-order valence-electron chi connectivity index (χ0n) is 9.71. The number of hydrogen-bond donors (Lipinski definition) is 0. The summed E-state index contributed by atoms with van der Waals surface area (Å²) in [5, 5.41) is 0. The number of cyclic esters (lactones) is 1. The van der Waals surface area contributed by atoms with Gasteiger partial charge in [-0.1, -0.05) is 32.3 Å². The highest BCUT2D eigenvalue weighted by molar-refractivity contribution is 5.74. The summed E-state index contributed by atoms with van der Waals surface area (Å²) in [6.45, 7) is 5.87. The van der Waals surface area contributed by atoms with Crippen LogP contribution in [0.25, 0.3) is 0 Å². The molecule has 0 saturated carbocycles. The second kappa shape index (κ2) is 6.65. The van der Waals surface area contributed by atoms with E-state index in [0.717, 1.165) is 19.3 Å². The van der Waals surface area contributed by atoms with E-state index in [1.54, 1.807) is 0 Å². The maximum Gasteiger partial charge on any atom is 0.309 e. The molecule has 86 valence electrons. The Bertz CT molecular complexity index is 211. The lowest BCUT2D eigenvalue weighted by molar-refractivity contribution is -0.144. The molecule has 1 saturated heterocycles. The van der Waals surface area contributed by atoms with Crippen LogP contribution < -0.4 is 0 Å². The van der Waals surface area contributed by atoms with Crippen molar-refractivity contribution in [1.29, 1.82) is 0 Å². The van der Waals surface area contributed by atoms with Crippen molar-refractivity contribution in [3.63, 3.8) is 0 Å². The van der Waals surface area contributed by atoms with Gasteiger partial charge in [0.15, 0.2) is 0 Å². The zero-order chi connectivity index (χ0) is 11.1. The monoisotopic (exact) mass is 210 g/mol. The Hall–Kier alpha value is -0.790. The number of allylic oxidation sites excluding steroid dienone is 1. The summed E-state index contributed by atoms with van der Waals surface area (Å²) in [6, 6.07) is 0. The highest BCUT2D eigenvalue weighted by atomic mass is 16.5. The highest BCUT2D eigenvalue weighted by Crippen LogP contribution is 2.27. The zero-order valence-corrected chi connectivity index (χ0v) is 9.71. The molecule has 0 spiro atoms. The Morgan fingerprint density at radius 1 is 1.47 bits per heavy atom. The molecule has 1 heterocycles. The van der Waals surface area contributed by atoms with Crippen molar-refractivity contribution >= 4 is 5.97 Å². The average molecular weight is 210 g/mol. The van der Waals surface area contributed by atoms with E-state index in [1.165, 1.54) is 25.7 Å². The Morgan fingerprint density at radius 2 is 2.27 bits per heavy atom. The highest BCUT2D eigenvalue weighted by Gasteiger charge is 2.32. The minimum atomic E-state index is -0.0182. The van der Waals surface area contributed by atoms with Crippen LogP contribution in [0.15, 0.2) is 12.7 Å². The maximum atomic E-state index is 11.4. The SMILES string of the molecule is C=CC[C@H]1C[C@H](CCCCCC)OC1=O. The Balaban J connectivity index is 2.17. The van der Waals surface area contributed by atoms with Crippen molar-refractivity contribution < 1.29 is 9.53 Å². The van der Waals surface area contributed by atoms with E-state index in [1.807, 2.05) is 6.08 Å². The van der Waals surface area contributed by atoms with Crippen molar-refractivity contribution in [3.05, 3.63) is 12.7 Å². The quantitative estimate of drug-likeness (QED) is 0.365. The van der Waals surface area contributed by atoms with Crippen molar-refractivity contribution in [2.45, 2.75) is 58.0 Å². The van der Waals surface area contributed by atoms with E-state index in [2.05, 4.69) is 13.5 Å². The molecule has 2 nitrogen and oxygen atoms in total. The molecule has 1 fully saturated rings. The first-order chi connectivity index (χ1) is 7.27. The molecule has 0 aromatic heterocycles. The summed E-state index contributed by atoms with van der Waals surface area (Å²) in [7, 11) is 0. The topological polar surface area (TPSA) is 26.3 Å². The maximum absolute atomic E-state index is 11.4. The fourth-order valence-electron chi connectivity index (χ4n) is 2.09. The molecule has 2 atom stereocenters. The molecular formula is C13H22O2. The summed E-state index contributed by atoms with van der Waals surface area (Å²) in [6.07, 6.45) is 9.69. The van der Waals surface area contributed by atoms with Gasteiger partial charge in [-0.05, 0) is 25.7 Å². The summed E-state index contributed by atoms with van der Waals surface area (Å²) in [4.78, 5) is 11.4. The van der Waals surface area contributed by atoms with Crippen LogP contribution >= 0.6 is 0 Å². The molecule has 0 radical (unpaired) electrons. The fraction of sp³-hybridized carbons (Fsp3) is 0.769. The molecule has 0 amide bonds. The third-order valence-corrected chi connectivity index (χ3v) is 2.99. The van der Waals surface area contributed by atoms with E-state index < -0.39 is 0 Å². The van der Waals surface area contributed by atoms with Gasteiger partial charge >= 0.3 is 5.97 Å². The van der Waals surface area contributed by atoms with Gasteiger partial charge in [0.05, 0.1) is 5.92 Å². The molecule has 1 aliphatic rings. The lowest BCUT2D eigenvalue weighted by Crippen LogP contribution is -2.06. The van der Waals surface area contributed by atoms with Crippen molar-refractivity contribution in [1.82, 2.24) is 0 Å². The van der Waals surface area contributed by atoms with Gasteiger partial charge in [-0.15, -0.1) is 6.58 Å². The average Bonchev–Trinajstić information content (AvgIpc) is 2.55. The molecule has 1 aliphatic heterocycles. The largest absolute Gasteiger partial charge is 0.462 e. The van der Waals surface area contributed by atoms with E-state index in [4.69, 9.17) is 4.74 Å². The second-order valence-corrected chi connectivity index (χ2v) is 4.37. The first-order valence-electron chi connectivity index (χ1n) is 6.09. The smallest absolute Gasteiger partial charge is 0.309 e. The van der Waals surface area contributed by atoms with Crippen LogP contribution in [-0.4, -0.2) is 12.1 Å². The summed E-state index contributed by atoms with van der Waals surface area (Å²) < 4.78 is 5.32. The van der Waals surface area contributed by atoms with Crippen molar-refractivity contribution in [2.75, 3.05) is 0 Å². The van der Waals surface area contributed by atoms with Crippen LogP contribution in [0.1, 0.15) is 51.9 Å². The third kappa shape index (κ3) is 4.06. The first kappa shape index (κ1) is 12.3. The Morgan fingerprint density at radius 3 is 2.93 bits per heavy atom. The number of unbranched alkanes of at least 4 members (excludes halogenated alkanes) is 3. The molecule has 0 N–H and O–H groups in total. The second-order valence-electron chi connectivity index (χ2n) is 4.37. The summed E-state index contributed by atoms with van der Waals surface area (Å²) in [5.41, 5.74) is 0. The summed E-state index contributed by atoms with van der Waals surface area (Å²) in [5.74, 6) is 0.0640. The number of ether oxygens (including phenoxy) is 1.